The average molecular weight is 455 g/mol. The third-order valence-corrected chi connectivity index (χ3v) is 11.6. The topological polar surface area (TPSA) is 26.7 Å². The van der Waals surface area contributed by atoms with Crippen LogP contribution in [0.2, 0.25) is 0 Å². The molecule has 0 bridgehead atoms. The highest BCUT2D eigenvalue weighted by atomic mass is 16.3. The molecule has 4 aliphatic carbocycles. The fourth-order valence-electron chi connectivity index (χ4n) is 9.24. The molecule has 1 N–H and O–H groups in total. The Balaban J connectivity index is 1.32. The van der Waals surface area contributed by atoms with Crippen LogP contribution in [0.25, 0.3) is 0 Å². The van der Waals surface area contributed by atoms with Crippen LogP contribution in [-0.2, 0) is 0 Å². The van der Waals surface area contributed by atoms with E-state index < -0.39 is 0 Å². The van der Waals surface area contributed by atoms with Gasteiger partial charge in [-0.1, -0.05) is 46.3 Å². The fourth-order valence-corrected chi connectivity index (χ4v) is 9.24. The van der Waals surface area contributed by atoms with E-state index in [1.54, 1.807) is 16.7 Å². The largest absolute Gasteiger partial charge is 0.393 e. The summed E-state index contributed by atoms with van der Waals surface area (Å²) in [5.74, 6) is 2.22. The lowest BCUT2D eigenvalue weighted by Crippen LogP contribution is -2.53. The summed E-state index contributed by atoms with van der Waals surface area (Å²) in [7, 11) is 2.25. The molecule has 1 saturated heterocycles. The predicted octanol–water partition coefficient (Wildman–Crippen LogP) is 5.90. The summed E-state index contributed by atoms with van der Waals surface area (Å²) in [5, 5.41) is 10.8. The molecule has 6 atom stereocenters. The minimum absolute atomic E-state index is 0.0383. The van der Waals surface area contributed by atoms with Gasteiger partial charge in [0.1, 0.15) is 0 Å². The van der Waals surface area contributed by atoms with Crippen LogP contribution in [0.1, 0.15) is 86.0 Å². The first-order chi connectivity index (χ1) is 15.6. The van der Waals surface area contributed by atoms with Crippen molar-refractivity contribution in [3.05, 3.63) is 22.8 Å². The van der Waals surface area contributed by atoms with Crippen molar-refractivity contribution in [3.8, 4) is 0 Å². The van der Waals surface area contributed by atoms with Gasteiger partial charge in [0.25, 0.3) is 0 Å². The number of fused-ring (bicyclic) bond motifs is 4. The number of hydrogen-bond donors (Lipinski definition) is 1. The maximum Gasteiger partial charge on any atom is 0.0594 e. The lowest BCUT2D eigenvalue weighted by molar-refractivity contribution is -0.0905. The molecule has 1 saturated carbocycles. The monoisotopic (exact) mass is 454 g/mol. The van der Waals surface area contributed by atoms with E-state index in [2.05, 4.69) is 57.5 Å². The molecule has 5 rings (SSSR count). The van der Waals surface area contributed by atoms with E-state index >= 15 is 0 Å². The second-order valence-corrected chi connectivity index (χ2v) is 13.6. The molecule has 0 amide bonds. The number of hydrogen-bond acceptors (Lipinski definition) is 3. The second-order valence-electron chi connectivity index (χ2n) is 13.6. The molecule has 1 heterocycles. The first-order valence-electron chi connectivity index (χ1n) is 14.1. The molecular formula is C30H50N2O. The lowest BCUT2D eigenvalue weighted by atomic mass is 9.46. The van der Waals surface area contributed by atoms with Crippen LogP contribution in [0.3, 0.4) is 0 Å². The Hall–Kier alpha value is -0.640. The molecule has 186 valence electrons. The standard InChI is InChI=1S/C30H50N2O/c1-21(13-16-32-19-17-31(6)18-20-32)23-8-9-24-22-7-10-26-28(2,3)27(33)12-15-30(26,5)25(22)11-14-29(23,24)4/h9,21,23,26-27,33H,7-8,10-20H2,1-6H3/t21-,23-,26+,27+,29-,30-/m1/s1. The lowest BCUT2D eigenvalue weighted by Gasteiger charge is -2.59. The van der Waals surface area contributed by atoms with Crippen LogP contribution >= 0.6 is 0 Å². The van der Waals surface area contributed by atoms with Crippen LogP contribution in [0, 0.1) is 34.0 Å². The van der Waals surface area contributed by atoms with Crippen molar-refractivity contribution in [1.82, 2.24) is 9.80 Å². The zero-order chi connectivity index (χ0) is 23.6. The molecule has 0 radical (unpaired) electrons. The van der Waals surface area contributed by atoms with Gasteiger partial charge in [0.05, 0.1) is 6.10 Å². The Morgan fingerprint density at radius 2 is 1.73 bits per heavy atom. The van der Waals surface area contributed by atoms with Gasteiger partial charge in [-0.25, -0.2) is 0 Å². The van der Waals surface area contributed by atoms with Crippen LogP contribution in [0.15, 0.2) is 22.8 Å². The first-order valence-corrected chi connectivity index (χ1v) is 14.1. The van der Waals surface area contributed by atoms with Crippen LogP contribution < -0.4 is 0 Å². The Morgan fingerprint density at radius 3 is 2.45 bits per heavy atom. The molecule has 0 spiro atoms. The van der Waals surface area contributed by atoms with Gasteiger partial charge in [-0.2, -0.15) is 0 Å². The summed E-state index contributed by atoms with van der Waals surface area (Å²) >= 11 is 0. The van der Waals surface area contributed by atoms with Gasteiger partial charge in [-0.3, -0.25) is 0 Å². The highest BCUT2D eigenvalue weighted by molar-refractivity contribution is 5.49. The molecule has 2 fully saturated rings. The van der Waals surface area contributed by atoms with Gasteiger partial charge < -0.3 is 14.9 Å². The van der Waals surface area contributed by atoms with Gasteiger partial charge in [0, 0.05) is 26.2 Å². The maximum absolute atomic E-state index is 10.8. The van der Waals surface area contributed by atoms with Gasteiger partial charge in [-0.15, -0.1) is 0 Å². The Labute approximate surface area is 203 Å². The van der Waals surface area contributed by atoms with Crippen molar-refractivity contribution in [2.45, 2.75) is 92.1 Å². The summed E-state index contributed by atoms with van der Waals surface area (Å²) in [6, 6.07) is 0. The van der Waals surface area contributed by atoms with Crippen molar-refractivity contribution in [2.75, 3.05) is 39.8 Å². The van der Waals surface area contributed by atoms with Crippen LogP contribution in [0.5, 0.6) is 0 Å². The number of likely N-dealkylation sites (N-methyl/N-ethyl adjacent to an activating group) is 1. The first kappa shape index (κ1) is 24.1. The van der Waals surface area contributed by atoms with E-state index in [0.717, 1.165) is 18.3 Å². The summed E-state index contributed by atoms with van der Waals surface area (Å²) in [6.45, 7) is 18.6. The van der Waals surface area contributed by atoms with E-state index in [1.165, 1.54) is 77.7 Å². The molecular weight excluding hydrogens is 404 g/mol. The molecule has 0 aromatic rings. The third-order valence-electron chi connectivity index (χ3n) is 11.6. The fraction of sp³-hybridized carbons (Fsp3) is 0.867. The molecule has 3 heteroatoms. The van der Waals surface area contributed by atoms with Crippen molar-refractivity contribution in [1.29, 1.82) is 0 Å². The average Bonchev–Trinajstić information content (AvgIpc) is 3.13. The maximum atomic E-state index is 10.8. The van der Waals surface area contributed by atoms with E-state index in [9.17, 15) is 5.11 Å². The molecule has 0 aromatic carbocycles. The van der Waals surface area contributed by atoms with E-state index in [0.29, 0.717) is 16.7 Å². The highest BCUT2D eigenvalue weighted by Gasteiger charge is 2.57. The number of rotatable bonds is 4. The zero-order valence-electron chi connectivity index (χ0n) is 22.4. The van der Waals surface area contributed by atoms with Gasteiger partial charge in [-0.05, 0) is 110 Å². The Bertz CT molecular complexity index is 819. The number of nitrogens with zero attached hydrogens (tertiary/aromatic N) is 2. The number of allylic oxidation sites excluding steroid dienone is 4. The van der Waals surface area contributed by atoms with Crippen LogP contribution in [-0.4, -0.2) is 60.8 Å². The van der Waals surface area contributed by atoms with E-state index in [4.69, 9.17) is 0 Å². The van der Waals surface area contributed by atoms with Gasteiger partial charge in [0.15, 0.2) is 0 Å². The number of aliphatic hydroxyl groups excluding tert-OH is 1. The second kappa shape index (κ2) is 8.49. The van der Waals surface area contributed by atoms with E-state index in [-0.39, 0.29) is 11.5 Å². The zero-order valence-corrected chi connectivity index (χ0v) is 22.4. The van der Waals surface area contributed by atoms with Crippen LogP contribution in [0.4, 0.5) is 0 Å². The molecule has 33 heavy (non-hydrogen) atoms. The summed E-state index contributed by atoms with van der Waals surface area (Å²) in [4.78, 5) is 5.16. The van der Waals surface area contributed by atoms with E-state index in [1.807, 2.05) is 0 Å². The van der Waals surface area contributed by atoms with Crippen molar-refractivity contribution < 1.29 is 5.11 Å². The molecule has 5 aliphatic rings. The van der Waals surface area contributed by atoms with Crippen molar-refractivity contribution >= 4 is 0 Å². The minimum atomic E-state index is -0.136. The van der Waals surface area contributed by atoms with Gasteiger partial charge in [0.2, 0.25) is 0 Å². The molecule has 0 unspecified atom stereocenters. The number of aliphatic hydroxyl groups is 1. The molecule has 1 aliphatic heterocycles. The highest BCUT2D eigenvalue weighted by Crippen LogP contribution is 2.66. The Morgan fingerprint density at radius 1 is 1.00 bits per heavy atom. The SMILES string of the molecule is C[C@H](CCN1CCN(C)CC1)[C@H]1CC=C2C3=C(CC[C@@]21C)[C@@]1(C)CC[C@H](O)C(C)(C)[C@@H]1CC3. The molecule has 0 aromatic heterocycles. The molecule has 3 nitrogen and oxygen atoms in total. The Kier molecular flexibility index (Phi) is 6.19. The number of piperazine rings is 1. The van der Waals surface area contributed by atoms with Crippen molar-refractivity contribution in [2.24, 2.45) is 34.0 Å². The summed E-state index contributed by atoms with van der Waals surface area (Å²) < 4.78 is 0. The minimum Gasteiger partial charge on any atom is -0.393 e. The summed E-state index contributed by atoms with van der Waals surface area (Å²) in [6.07, 6.45) is 12.5. The smallest absolute Gasteiger partial charge is 0.0594 e. The van der Waals surface area contributed by atoms with Gasteiger partial charge >= 0.3 is 0 Å². The van der Waals surface area contributed by atoms with Crippen molar-refractivity contribution in [3.63, 3.8) is 0 Å². The normalized spacial score (nSPS) is 42.4. The third kappa shape index (κ3) is 3.80. The predicted molar refractivity (Wildman–Crippen MR) is 138 cm³/mol. The summed E-state index contributed by atoms with van der Waals surface area (Å²) in [5.41, 5.74) is 6.04. The quantitative estimate of drug-likeness (QED) is 0.573.